The molecule has 0 atom stereocenters. The number of aliphatic carboxylic acids is 1. The van der Waals surface area contributed by atoms with Gasteiger partial charge in [0.1, 0.15) is 0 Å². The normalized spacial score (nSPS) is 11.7. The van der Waals surface area contributed by atoms with E-state index in [9.17, 15) is 4.79 Å². The quantitative estimate of drug-likeness (QED) is 0.0539. The molecule has 0 unspecified atom stereocenters. The van der Waals surface area contributed by atoms with Gasteiger partial charge in [0.2, 0.25) is 0 Å². The van der Waals surface area contributed by atoms with E-state index in [0.717, 1.165) is 42.5 Å². The van der Waals surface area contributed by atoms with Gasteiger partial charge in [-0.25, -0.2) is 4.79 Å². The predicted octanol–water partition coefficient (Wildman–Crippen LogP) is 6.80. The molecular weight excluding hydrogens is 565 g/mol. The van der Waals surface area contributed by atoms with E-state index in [4.69, 9.17) is 31.7 Å². The summed E-state index contributed by atoms with van der Waals surface area (Å²) in [6.45, 7) is 18.8. The van der Waals surface area contributed by atoms with E-state index >= 15 is 0 Å². The molecule has 1 N–H and O–H groups in total. The second kappa shape index (κ2) is 26.4. The lowest BCUT2D eigenvalue weighted by atomic mass is 10.6. The van der Waals surface area contributed by atoms with Gasteiger partial charge in [0, 0.05) is 69.3 Å². The Morgan fingerprint density at radius 2 is 0.943 bits per heavy atom. The van der Waals surface area contributed by atoms with Gasteiger partial charge in [-0.3, -0.25) is 0 Å². The molecular formula is C21H46O8S4Si2. The second-order valence-electron chi connectivity index (χ2n) is 6.49. The molecule has 0 saturated heterocycles. The van der Waals surface area contributed by atoms with E-state index in [2.05, 4.69) is 6.58 Å². The Kier molecular flexibility index (Phi) is 28.6. The van der Waals surface area contributed by atoms with Gasteiger partial charge in [-0.2, -0.15) is 0 Å². The smallest absolute Gasteiger partial charge is 0.478 e. The van der Waals surface area contributed by atoms with Crippen molar-refractivity contribution in [3.8, 4) is 0 Å². The van der Waals surface area contributed by atoms with Crippen LogP contribution >= 0.6 is 41.2 Å². The predicted molar refractivity (Wildman–Crippen MR) is 158 cm³/mol. The van der Waals surface area contributed by atoms with E-state index in [0.29, 0.717) is 39.6 Å². The van der Waals surface area contributed by atoms with Gasteiger partial charge < -0.3 is 31.7 Å². The van der Waals surface area contributed by atoms with Crippen LogP contribution in [0.3, 0.4) is 0 Å². The van der Waals surface area contributed by atoms with Gasteiger partial charge in [-0.05, 0) is 74.0 Å². The molecule has 210 valence electrons. The average Bonchev–Trinajstić information content (AvgIpc) is 2.82. The van der Waals surface area contributed by atoms with Crippen molar-refractivity contribution < 1.29 is 36.5 Å². The first-order chi connectivity index (χ1) is 16.8. The first-order valence-corrected chi connectivity index (χ1v) is 21.1. The number of carboxylic acids is 1. The van der Waals surface area contributed by atoms with Gasteiger partial charge in [0.25, 0.3) is 0 Å². The highest BCUT2D eigenvalue weighted by atomic mass is 33.7. The summed E-state index contributed by atoms with van der Waals surface area (Å²) in [6.07, 6.45) is 2.92. The van der Waals surface area contributed by atoms with Crippen molar-refractivity contribution in [3.63, 3.8) is 0 Å². The van der Waals surface area contributed by atoms with Gasteiger partial charge in [-0.1, -0.05) is 28.2 Å². The summed E-state index contributed by atoms with van der Waals surface area (Å²) >= 11 is 0. The Morgan fingerprint density at radius 3 is 1.14 bits per heavy atom. The highest BCUT2D eigenvalue weighted by molar-refractivity contribution is 9.26. The lowest BCUT2D eigenvalue weighted by molar-refractivity contribution is -0.131. The van der Waals surface area contributed by atoms with Crippen molar-refractivity contribution in [2.45, 2.75) is 66.5 Å². The van der Waals surface area contributed by atoms with E-state index < -0.39 is 23.6 Å². The molecule has 0 fully saturated rings. The van der Waals surface area contributed by atoms with E-state index in [1.54, 1.807) is 0 Å². The maximum absolute atomic E-state index is 9.25. The van der Waals surface area contributed by atoms with Crippen molar-refractivity contribution in [3.05, 3.63) is 12.7 Å². The summed E-state index contributed by atoms with van der Waals surface area (Å²) in [5.74, 6) is 1.15. The Morgan fingerprint density at radius 1 is 0.686 bits per heavy atom. The standard InChI is InChI=1S/C18H42O6S4Si2.C3H4O2/c1-7-19-29(20-8-2,21-9-3)17-13-15-25-27-28-26-16-14-18-30(22-10-4,23-11-5)24-12-6;1-2-3(4)5/h7-18H2,1-6H3;2H,1H2,(H,4,5). The maximum Gasteiger partial charge on any atom is 0.500 e. The third-order valence-corrected chi connectivity index (χ3v) is 16.8. The minimum Gasteiger partial charge on any atom is -0.478 e. The molecule has 0 aliphatic heterocycles. The van der Waals surface area contributed by atoms with Crippen molar-refractivity contribution in [1.29, 1.82) is 0 Å². The SMILES string of the molecule is C=CC(=O)O.CCO[Si](CCCSSSSCCC[Si](OCC)(OCC)OCC)(OCC)OCC. The zero-order valence-corrected chi connectivity index (χ0v) is 27.5. The zero-order valence-electron chi connectivity index (χ0n) is 22.2. The number of hydrogen-bond acceptors (Lipinski definition) is 11. The Hall–Kier alpha value is 0.804. The average molecular weight is 611 g/mol. The number of hydrogen-bond donors (Lipinski definition) is 1. The number of carbonyl (C=O) groups is 1. The van der Waals surface area contributed by atoms with E-state index in [1.807, 2.05) is 82.8 Å². The Balaban J connectivity index is 0. The largest absolute Gasteiger partial charge is 0.500 e. The van der Waals surface area contributed by atoms with E-state index in [-0.39, 0.29) is 0 Å². The fourth-order valence-corrected chi connectivity index (χ4v) is 14.7. The summed E-state index contributed by atoms with van der Waals surface area (Å²) in [4.78, 5) is 9.25. The minimum absolute atomic E-state index is 0.640. The first kappa shape index (κ1) is 38.0. The molecule has 0 bridgehead atoms. The molecule has 0 aliphatic rings. The van der Waals surface area contributed by atoms with Crippen molar-refractivity contribution in [1.82, 2.24) is 0 Å². The fourth-order valence-electron chi connectivity index (χ4n) is 2.81. The van der Waals surface area contributed by atoms with Crippen LogP contribution < -0.4 is 0 Å². The summed E-state index contributed by atoms with van der Waals surface area (Å²) in [5, 5.41) is 7.60. The lowest BCUT2D eigenvalue weighted by Crippen LogP contribution is -2.46. The number of rotatable bonds is 24. The van der Waals surface area contributed by atoms with Crippen LogP contribution in [0.2, 0.25) is 12.1 Å². The summed E-state index contributed by atoms with van der Waals surface area (Å²) in [5.41, 5.74) is 0. The third kappa shape index (κ3) is 21.4. The van der Waals surface area contributed by atoms with E-state index in [1.165, 1.54) is 0 Å². The molecule has 0 aromatic rings. The zero-order chi connectivity index (χ0) is 26.8. The summed E-state index contributed by atoms with van der Waals surface area (Å²) < 4.78 is 35.4. The molecule has 0 aromatic heterocycles. The lowest BCUT2D eigenvalue weighted by Gasteiger charge is -2.28. The summed E-state index contributed by atoms with van der Waals surface area (Å²) in [7, 11) is 2.48. The minimum atomic E-state index is -2.49. The topological polar surface area (TPSA) is 92.7 Å². The van der Waals surface area contributed by atoms with Crippen molar-refractivity contribution >= 4 is 64.8 Å². The molecule has 0 rings (SSSR count). The van der Waals surface area contributed by atoms with Crippen molar-refractivity contribution in [2.24, 2.45) is 0 Å². The third-order valence-electron chi connectivity index (χ3n) is 3.91. The van der Waals surface area contributed by atoms with Gasteiger partial charge >= 0.3 is 23.6 Å². The van der Waals surface area contributed by atoms with Crippen LogP contribution in [0.15, 0.2) is 12.7 Å². The maximum atomic E-state index is 9.25. The molecule has 0 spiro atoms. The number of carboxylic acid groups (broad SMARTS) is 1. The van der Waals surface area contributed by atoms with Crippen LogP contribution in [0.5, 0.6) is 0 Å². The van der Waals surface area contributed by atoms with Gasteiger partial charge in [0.05, 0.1) is 0 Å². The Labute approximate surface area is 230 Å². The first-order valence-electron chi connectivity index (χ1n) is 12.1. The van der Waals surface area contributed by atoms with Crippen LogP contribution in [-0.4, -0.2) is 79.8 Å². The highest BCUT2D eigenvalue weighted by Gasteiger charge is 2.40. The van der Waals surface area contributed by atoms with Crippen LogP contribution in [0.1, 0.15) is 54.4 Å². The molecule has 0 amide bonds. The second-order valence-corrected chi connectivity index (χ2v) is 18.2. The molecule has 14 heteroatoms. The monoisotopic (exact) mass is 610 g/mol. The van der Waals surface area contributed by atoms with Gasteiger partial charge in [0.15, 0.2) is 0 Å². The van der Waals surface area contributed by atoms with Crippen LogP contribution in [-0.2, 0) is 31.4 Å². The molecule has 0 radical (unpaired) electrons. The summed E-state index contributed by atoms with van der Waals surface area (Å²) in [6, 6.07) is 1.76. The molecule has 0 saturated carbocycles. The molecule has 35 heavy (non-hydrogen) atoms. The Bertz CT molecular complexity index is 442. The van der Waals surface area contributed by atoms with Crippen molar-refractivity contribution in [2.75, 3.05) is 51.1 Å². The van der Waals surface area contributed by atoms with Crippen LogP contribution in [0.25, 0.3) is 0 Å². The molecule has 0 heterocycles. The highest BCUT2D eigenvalue weighted by Crippen LogP contribution is 2.44. The molecule has 0 aliphatic carbocycles. The van der Waals surface area contributed by atoms with Crippen LogP contribution in [0.4, 0.5) is 0 Å². The fraction of sp³-hybridized carbons (Fsp3) is 0.857. The van der Waals surface area contributed by atoms with Gasteiger partial charge in [-0.15, -0.1) is 0 Å². The van der Waals surface area contributed by atoms with Crippen LogP contribution in [0, 0.1) is 0 Å². The molecule has 0 aromatic carbocycles. The molecule has 8 nitrogen and oxygen atoms in total.